The van der Waals surface area contributed by atoms with Crippen molar-refractivity contribution >= 4 is 17.6 Å². The van der Waals surface area contributed by atoms with Crippen molar-refractivity contribution in [3.8, 4) is 0 Å². The van der Waals surface area contributed by atoms with E-state index in [-0.39, 0.29) is 5.97 Å². The number of alkyl halides is 1. The topological polar surface area (TPSA) is 26.3 Å². The molecule has 68 valence electrons. The molecule has 0 spiro atoms. The number of halogens is 1. The summed E-state index contributed by atoms with van der Waals surface area (Å²) < 4.78 is 4.70. The lowest BCUT2D eigenvalue weighted by Crippen LogP contribution is -2.21. The van der Waals surface area contributed by atoms with Crippen molar-refractivity contribution < 1.29 is 9.53 Å². The van der Waals surface area contributed by atoms with E-state index in [1.165, 1.54) is 20.0 Å². The van der Waals surface area contributed by atoms with Gasteiger partial charge >= 0.3 is 5.97 Å². The Hall–Kier alpha value is -0.240. The molecule has 0 amide bonds. The quantitative estimate of drug-likeness (QED) is 0.465. The van der Waals surface area contributed by atoms with E-state index in [2.05, 4.69) is 0 Å². The van der Waals surface area contributed by atoms with E-state index >= 15 is 0 Å². The summed E-state index contributed by atoms with van der Waals surface area (Å²) in [5, 5.41) is 0. The van der Waals surface area contributed by atoms with Gasteiger partial charge < -0.3 is 4.74 Å². The molecule has 2 aliphatic rings. The molecule has 12 heavy (non-hydrogen) atoms. The number of carbonyl (C=O) groups is 1. The molecule has 2 nitrogen and oxygen atoms in total. The molecule has 3 atom stereocenters. The highest BCUT2D eigenvalue weighted by atomic mass is 35.5. The van der Waals surface area contributed by atoms with E-state index in [9.17, 15) is 4.79 Å². The molecule has 0 bridgehead atoms. The van der Waals surface area contributed by atoms with Gasteiger partial charge in [-0.2, -0.15) is 0 Å². The van der Waals surface area contributed by atoms with Crippen LogP contribution in [-0.2, 0) is 9.53 Å². The summed E-state index contributed by atoms with van der Waals surface area (Å²) >= 11 is 6.19. The predicted octanol–water partition coefficient (Wildman–Crippen LogP) is 1.96. The van der Waals surface area contributed by atoms with Crippen LogP contribution < -0.4 is 0 Å². The Kier molecular flexibility index (Phi) is 1.83. The van der Waals surface area contributed by atoms with E-state index in [1.54, 1.807) is 0 Å². The third-order valence-corrected chi connectivity index (χ3v) is 3.95. The van der Waals surface area contributed by atoms with Crippen molar-refractivity contribution in [3.05, 3.63) is 0 Å². The Bertz CT molecular complexity index is 203. The van der Waals surface area contributed by atoms with Crippen LogP contribution in [0.4, 0.5) is 0 Å². The third kappa shape index (κ3) is 0.905. The van der Waals surface area contributed by atoms with Gasteiger partial charge in [-0.05, 0) is 24.7 Å². The van der Waals surface area contributed by atoms with E-state index in [4.69, 9.17) is 16.3 Å². The fraction of sp³-hybridized carbons (Fsp3) is 0.889. The van der Waals surface area contributed by atoms with Crippen LogP contribution in [0.5, 0.6) is 0 Å². The monoisotopic (exact) mass is 188 g/mol. The molecule has 2 aliphatic carbocycles. The first kappa shape index (κ1) is 8.36. The van der Waals surface area contributed by atoms with Crippen LogP contribution in [0.15, 0.2) is 0 Å². The summed E-state index contributed by atoms with van der Waals surface area (Å²) in [4.78, 5) is 10.7. The van der Waals surface area contributed by atoms with Crippen LogP contribution in [0.3, 0.4) is 0 Å². The molecule has 3 heteroatoms. The first-order chi connectivity index (χ1) is 5.71. The van der Waals surface area contributed by atoms with Crippen LogP contribution in [-0.4, -0.2) is 18.0 Å². The van der Waals surface area contributed by atoms with Crippen LogP contribution in [0.25, 0.3) is 0 Å². The molecule has 0 saturated heterocycles. The van der Waals surface area contributed by atoms with E-state index < -0.39 is 4.87 Å². The van der Waals surface area contributed by atoms with E-state index in [0.29, 0.717) is 11.8 Å². The van der Waals surface area contributed by atoms with Gasteiger partial charge in [-0.25, -0.2) is 0 Å². The van der Waals surface area contributed by atoms with Gasteiger partial charge in [0.05, 0.1) is 7.11 Å². The summed E-state index contributed by atoms with van der Waals surface area (Å²) in [5.41, 5.74) is 0. The van der Waals surface area contributed by atoms with E-state index in [0.717, 1.165) is 12.8 Å². The molecule has 2 saturated carbocycles. The van der Waals surface area contributed by atoms with Gasteiger partial charge in [-0.15, -0.1) is 11.6 Å². The summed E-state index contributed by atoms with van der Waals surface area (Å²) in [6.45, 7) is 0. The number of carbonyl (C=O) groups excluding carboxylic acids is 1. The number of methoxy groups -OCH3 is 1. The fourth-order valence-corrected chi connectivity index (χ4v) is 3.05. The molecule has 2 rings (SSSR count). The second kappa shape index (κ2) is 2.63. The Morgan fingerprint density at radius 3 is 2.33 bits per heavy atom. The van der Waals surface area contributed by atoms with Crippen LogP contribution in [0.2, 0.25) is 0 Å². The van der Waals surface area contributed by atoms with Crippen molar-refractivity contribution in [1.29, 1.82) is 0 Å². The molecule has 0 aromatic rings. The van der Waals surface area contributed by atoms with Crippen LogP contribution in [0.1, 0.15) is 25.7 Å². The first-order valence-corrected chi connectivity index (χ1v) is 4.86. The van der Waals surface area contributed by atoms with Crippen LogP contribution >= 0.6 is 11.6 Å². The number of fused-ring (bicyclic) bond motifs is 1. The minimum Gasteiger partial charge on any atom is -0.468 e. The Labute approximate surface area is 77.2 Å². The molecule has 0 N–H and O–H groups in total. The number of hydrogen-bond donors (Lipinski definition) is 0. The maximum absolute atomic E-state index is 11.3. The zero-order chi connectivity index (χ0) is 8.77. The molecule has 0 aromatic heterocycles. The van der Waals surface area contributed by atoms with E-state index in [1.807, 2.05) is 0 Å². The van der Waals surface area contributed by atoms with Crippen molar-refractivity contribution in [2.75, 3.05) is 7.11 Å². The minimum absolute atomic E-state index is 0.221. The van der Waals surface area contributed by atoms with Gasteiger partial charge in [-0.3, -0.25) is 4.79 Å². The largest absolute Gasteiger partial charge is 0.468 e. The highest BCUT2D eigenvalue weighted by molar-refractivity contribution is 6.37. The number of hydrogen-bond acceptors (Lipinski definition) is 2. The zero-order valence-corrected chi connectivity index (χ0v) is 7.93. The smallest absolute Gasteiger partial charge is 0.327 e. The Morgan fingerprint density at radius 1 is 1.42 bits per heavy atom. The highest BCUT2D eigenvalue weighted by Crippen LogP contribution is 2.63. The fourth-order valence-electron chi connectivity index (χ4n) is 2.51. The Balaban J connectivity index is 2.10. The number of esters is 1. The molecule has 0 radical (unpaired) electrons. The van der Waals surface area contributed by atoms with Gasteiger partial charge in [0.1, 0.15) is 4.87 Å². The summed E-state index contributed by atoms with van der Waals surface area (Å²) in [6, 6.07) is 0. The third-order valence-electron chi connectivity index (χ3n) is 3.23. The summed E-state index contributed by atoms with van der Waals surface area (Å²) in [5.74, 6) is 0.585. The Morgan fingerprint density at radius 2 is 1.92 bits per heavy atom. The van der Waals surface area contributed by atoms with Gasteiger partial charge in [0.25, 0.3) is 0 Å². The molecule has 2 fully saturated rings. The summed E-state index contributed by atoms with van der Waals surface area (Å²) in [6.07, 6.45) is 4.63. The molecular weight excluding hydrogens is 176 g/mol. The van der Waals surface area contributed by atoms with Gasteiger partial charge in [0.2, 0.25) is 0 Å². The minimum atomic E-state index is -0.634. The standard InChI is InChI=1S/C9H13ClO2/c1-12-8(11)9(10)6-4-2-3-5-7(6)9/h6-7H,2-5H2,1H3/t6-,7+,9?. The zero-order valence-electron chi connectivity index (χ0n) is 7.18. The van der Waals surface area contributed by atoms with Crippen molar-refractivity contribution in [1.82, 2.24) is 0 Å². The SMILES string of the molecule is COC(=O)C1(Cl)[C@@H]2CCCC[C@@H]21. The lowest BCUT2D eigenvalue weighted by Gasteiger charge is -2.04. The molecule has 0 heterocycles. The van der Waals surface area contributed by atoms with Gasteiger partial charge in [0.15, 0.2) is 0 Å². The molecule has 0 aromatic carbocycles. The second-order valence-electron chi connectivity index (χ2n) is 3.76. The van der Waals surface area contributed by atoms with Gasteiger partial charge in [0, 0.05) is 0 Å². The second-order valence-corrected chi connectivity index (χ2v) is 4.38. The summed E-state index contributed by atoms with van der Waals surface area (Å²) in [7, 11) is 1.41. The molecule has 1 unspecified atom stereocenters. The lowest BCUT2D eigenvalue weighted by atomic mass is 10.0. The highest BCUT2D eigenvalue weighted by Gasteiger charge is 2.69. The normalized spacial score (nSPS) is 44.8. The van der Waals surface area contributed by atoms with Crippen LogP contribution in [0, 0.1) is 11.8 Å². The maximum atomic E-state index is 11.3. The predicted molar refractivity (Wildman–Crippen MR) is 46.0 cm³/mol. The lowest BCUT2D eigenvalue weighted by molar-refractivity contribution is -0.141. The molecule has 0 aliphatic heterocycles. The number of ether oxygens (including phenoxy) is 1. The van der Waals surface area contributed by atoms with Crippen molar-refractivity contribution in [2.24, 2.45) is 11.8 Å². The average molecular weight is 189 g/mol. The molecular formula is C9H13ClO2. The number of rotatable bonds is 1. The van der Waals surface area contributed by atoms with Crippen molar-refractivity contribution in [2.45, 2.75) is 30.6 Å². The average Bonchev–Trinajstić information content (AvgIpc) is 2.74. The first-order valence-electron chi connectivity index (χ1n) is 4.48. The van der Waals surface area contributed by atoms with Gasteiger partial charge in [-0.1, -0.05) is 12.8 Å². The van der Waals surface area contributed by atoms with Crippen molar-refractivity contribution in [3.63, 3.8) is 0 Å². The maximum Gasteiger partial charge on any atom is 0.327 e.